The van der Waals surface area contributed by atoms with Gasteiger partial charge in [0.15, 0.2) is 5.82 Å². The standard InChI is InChI=1S/C8H11ClN6O2/c1-5-11-4-6(7(10)12-5)13-8(16)15(14-17)3-2-9/h4H,2-3H2,1H3,(H,13,16)(H2,10,11,12). The Kier molecular flexibility index (Phi) is 4.58. The number of aromatic nitrogens is 2. The summed E-state index contributed by atoms with van der Waals surface area (Å²) in [4.78, 5) is 29.6. The lowest BCUT2D eigenvalue weighted by atomic mass is 10.4. The van der Waals surface area contributed by atoms with Crippen LogP contribution >= 0.6 is 11.6 Å². The van der Waals surface area contributed by atoms with Crippen LogP contribution in [0.4, 0.5) is 16.3 Å². The molecule has 0 atom stereocenters. The van der Waals surface area contributed by atoms with Gasteiger partial charge in [-0.3, -0.25) is 0 Å². The van der Waals surface area contributed by atoms with Gasteiger partial charge in [0.1, 0.15) is 11.5 Å². The zero-order chi connectivity index (χ0) is 12.8. The maximum atomic E-state index is 11.5. The van der Waals surface area contributed by atoms with Crippen molar-refractivity contribution in [3.8, 4) is 0 Å². The molecule has 92 valence electrons. The summed E-state index contributed by atoms with van der Waals surface area (Å²) in [7, 11) is 0. The summed E-state index contributed by atoms with van der Waals surface area (Å²) in [5.41, 5.74) is 5.78. The molecular formula is C8H11ClN6O2. The summed E-state index contributed by atoms with van der Waals surface area (Å²) < 4.78 is 0. The smallest absolute Gasteiger partial charge is 0.345 e. The molecule has 1 aromatic heterocycles. The highest BCUT2D eigenvalue weighted by molar-refractivity contribution is 6.18. The van der Waals surface area contributed by atoms with E-state index in [2.05, 4.69) is 20.6 Å². The fourth-order valence-corrected chi connectivity index (χ4v) is 1.18. The van der Waals surface area contributed by atoms with E-state index in [1.54, 1.807) is 6.92 Å². The second kappa shape index (κ2) is 5.94. The van der Waals surface area contributed by atoms with Crippen LogP contribution in [0.15, 0.2) is 11.5 Å². The number of aryl methyl sites for hydroxylation is 1. The number of carbonyl (C=O) groups excluding carboxylic acids is 1. The number of halogens is 1. The first-order valence-electron chi connectivity index (χ1n) is 4.65. The lowest BCUT2D eigenvalue weighted by Crippen LogP contribution is -2.32. The molecule has 0 bridgehead atoms. The van der Waals surface area contributed by atoms with Crippen LogP contribution in [0.2, 0.25) is 0 Å². The topological polar surface area (TPSA) is 114 Å². The number of amides is 2. The van der Waals surface area contributed by atoms with Crippen molar-refractivity contribution in [3.05, 3.63) is 16.9 Å². The molecule has 0 aromatic carbocycles. The predicted molar refractivity (Wildman–Crippen MR) is 63.4 cm³/mol. The molecule has 0 aliphatic carbocycles. The molecule has 1 rings (SSSR count). The third-order valence-corrected chi connectivity index (χ3v) is 1.98. The molecule has 1 aromatic rings. The monoisotopic (exact) mass is 258 g/mol. The first-order valence-corrected chi connectivity index (χ1v) is 5.18. The van der Waals surface area contributed by atoms with E-state index in [1.807, 2.05) is 0 Å². The van der Waals surface area contributed by atoms with Crippen molar-refractivity contribution in [2.24, 2.45) is 5.29 Å². The third-order valence-electron chi connectivity index (χ3n) is 1.81. The number of urea groups is 1. The highest BCUT2D eigenvalue weighted by Gasteiger charge is 2.15. The minimum atomic E-state index is -0.736. The van der Waals surface area contributed by atoms with E-state index in [1.165, 1.54) is 6.20 Å². The van der Waals surface area contributed by atoms with E-state index in [9.17, 15) is 9.70 Å². The zero-order valence-corrected chi connectivity index (χ0v) is 9.81. The Morgan fingerprint density at radius 1 is 1.71 bits per heavy atom. The van der Waals surface area contributed by atoms with Gasteiger partial charge in [0.25, 0.3) is 0 Å². The van der Waals surface area contributed by atoms with Crippen molar-refractivity contribution in [2.75, 3.05) is 23.5 Å². The Bertz CT molecular complexity index is 426. The molecule has 17 heavy (non-hydrogen) atoms. The zero-order valence-electron chi connectivity index (χ0n) is 9.05. The van der Waals surface area contributed by atoms with E-state index < -0.39 is 6.03 Å². The minimum absolute atomic E-state index is 0.00348. The second-order valence-electron chi connectivity index (χ2n) is 3.04. The summed E-state index contributed by atoms with van der Waals surface area (Å²) in [6.45, 7) is 1.66. The highest BCUT2D eigenvalue weighted by Crippen LogP contribution is 2.14. The molecule has 0 saturated carbocycles. The lowest BCUT2D eigenvalue weighted by Gasteiger charge is -2.13. The number of nitrogens with one attached hydrogen (secondary N) is 1. The number of carbonyl (C=O) groups is 1. The maximum absolute atomic E-state index is 11.5. The number of nitrogens with two attached hydrogens (primary N) is 1. The van der Waals surface area contributed by atoms with E-state index in [0.29, 0.717) is 10.8 Å². The number of rotatable bonds is 4. The predicted octanol–water partition coefficient (Wildman–Crippen LogP) is 1.12. The van der Waals surface area contributed by atoms with Crippen LogP contribution in [-0.4, -0.2) is 33.4 Å². The number of nitrogen functional groups attached to an aromatic ring is 1. The van der Waals surface area contributed by atoms with Crippen molar-refractivity contribution in [1.82, 2.24) is 15.0 Å². The van der Waals surface area contributed by atoms with Crippen LogP contribution < -0.4 is 11.1 Å². The fraction of sp³-hybridized carbons (Fsp3) is 0.375. The Morgan fingerprint density at radius 3 is 2.94 bits per heavy atom. The minimum Gasteiger partial charge on any atom is -0.382 e. The molecule has 2 amide bonds. The number of nitrogens with zero attached hydrogens (tertiary/aromatic N) is 4. The summed E-state index contributed by atoms with van der Waals surface area (Å²) >= 11 is 5.40. The van der Waals surface area contributed by atoms with E-state index in [0.717, 1.165) is 0 Å². The van der Waals surface area contributed by atoms with Crippen molar-refractivity contribution in [1.29, 1.82) is 0 Å². The average molecular weight is 259 g/mol. The Labute approximate surface area is 102 Å². The summed E-state index contributed by atoms with van der Waals surface area (Å²) in [5.74, 6) is 0.688. The van der Waals surface area contributed by atoms with Crippen molar-refractivity contribution < 1.29 is 4.79 Å². The summed E-state index contributed by atoms with van der Waals surface area (Å²) in [6.07, 6.45) is 1.35. The van der Waals surface area contributed by atoms with Crippen LogP contribution in [0.3, 0.4) is 0 Å². The molecule has 3 N–H and O–H groups in total. The van der Waals surface area contributed by atoms with Crippen LogP contribution in [0.25, 0.3) is 0 Å². The van der Waals surface area contributed by atoms with Crippen molar-refractivity contribution >= 4 is 29.1 Å². The van der Waals surface area contributed by atoms with Gasteiger partial charge >= 0.3 is 6.03 Å². The molecular weight excluding hydrogens is 248 g/mol. The van der Waals surface area contributed by atoms with Crippen molar-refractivity contribution in [2.45, 2.75) is 6.92 Å². The van der Waals surface area contributed by atoms with Gasteiger partial charge < -0.3 is 11.1 Å². The van der Waals surface area contributed by atoms with Crippen LogP contribution in [0.1, 0.15) is 5.82 Å². The highest BCUT2D eigenvalue weighted by atomic mass is 35.5. The SMILES string of the molecule is Cc1ncc(NC(=O)N(CCCl)N=O)c(N)n1. The molecule has 0 radical (unpaired) electrons. The van der Waals surface area contributed by atoms with Gasteiger partial charge in [0, 0.05) is 5.88 Å². The van der Waals surface area contributed by atoms with E-state index in [-0.39, 0.29) is 23.9 Å². The summed E-state index contributed by atoms with van der Waals surface area (Å²) in [6, 6.07) is -0.736. The van der Waals surface area contributed by atoms with E-state index in [4.69, 9.17) is 17.3 Å². The van der Waals surface area contributed by atoms with Crippen LogP contribution in [0, 0.1) is 11.8 Å². The first-order chi connectivity index (χ1) is 8.08. The molecule has 0 saturated heterocycles. The molecule has 0 unspecified atom stereocenters. The van der Waals surface area contributed by atoms with Crippen LogP contribution in [-0.2, 0) is 0 Å². The Hall–Kier alpha value is -1.96. The molecule has 9 heteroatoms. The molecule has 8 nitrogen and oxygen atoms in total. The van der Waals surface area contributed by atoms with Gasteiger partial charge in [0.2, 0.25) is 0 Å². The number of nitroso groups, excluding NO2 is 1. The maximum Gasteiger partial charge on any atom is 0.345 e. The van der Waals surface area contributed by atoms with E-state index >= 15 is 0 Å². The second-order valence-corrected chi connectivity index (χ2v) is 3.42. The Balaban J connectivity index is 2.76. The number of hydrogen-bond donors (Lipinski definition) is 2. The third kappa shape index (κ3) is 3.52. The quantitative estimate of drug-likeness (QED) is 0.477. The molecule has 0 fully saturated rings. The first kappa shape index (κ1) is 13.1. The number of hydrogen-bond acceptors (Lipinski definition) is 6. The molecule has 0 aliphatic heterocycles. The van der Waals surface area contributed by atoms with Crippen LogP contribution in [0.5, 0.6) is 0 Å². The van der Waals surface area contributed by atoms with Crippen molar-refractivity contribution in [3.63, 3.8) is 0 Å². The number of anilines is 2. The molecule has 1 heterocycles. The number of alkyl halides is 1. The normalized spacial score (nSPS) is 9.76. The molecule has 0 spiro atoms. The average Bonchev–Trinajstić information content (AvgIpc) is 2.29. The molecule has 0 aliphatic rings. The van der Waals surface area contributed by atoms with Gasteiger partial charge in [-0.05, 0) is 6.92 Å². The lowest BCUT2D eigenvalue weighted by molar-refractivity contribution is 0.216. The Morgan fingerprint density at radius 2 is 2.41 bits per heavy atom. The van der Waals surface area contributed by atoms with Gasteiger partial charge in [-0.1, -0.05) is 0 Å². The summed E-state index contributed by atoms with van der Waals surface area (Å²) in [5, 5.41) is 5.53. The van der Waals surface area contributed by atoms with Gasteiger partial charge in [-0.15, -0.1) is 16.5 Å². The van der Waals surface area contributed by atoms with Gasteiger partial charge in [-0.2, -0.15) is 5.01 Å². The van der Waals surface area contributed by atoms with Gasteiger partial charge in [-0.25, -0.2) is 14.8 Å². The fourth-order valence-electron chi connectivity index (χ4n) is 1.02. The van der Waals surface area contributed by atoms with Gasteiger partial charge in [0.05, 0.1) is 18.0 Å². The largest absolute Gasteiger partial charge is 0.382 e.